The summed E-state index contributed by atoms with van der Waals surface area (Å²) in [6.45, 7) is 3.26. The number of ketones is 1. The molecule has 3 rings (SSSR count). The summed E-state index contributed by atoms with van der Waals surface area (Å²) in [7, 11) is 0. The minimum Gasteiger partial charge on any atom is -0.481 e. The van der Waals surface area contributed by atoms with E-state index in [9.17, 15) is 9.59 Å². The SMILES string of the molecule is CC(=O)c1ccc(O[C@H](C)C(=O)N[C@@H]2CCCc3ccccc32)cc1. The van der Waals surface area contributed by atoms with Crippen molar-refractivity contribution < 1.29 is 14.3 Å². The van der Waals surface area contributed by atoms with Gasteiger partial charge in [0.1, 0.15) is 5.75 Å². The second-order valence-corrected chi connectivity index (χ2v) is 6.49. The quantitative estimate of drug-likeness (QED) is 0.843. The smallest absolute Gasteiger partial charge is 0.261 e. The van der Waals surface area contributed by atoms with Crippen LogP contribution in [0.2, 0.25) is 0 Å². The number of Topliss-reactive ketones (excluding diaryl/α,β-unsaturated/α-hetero) is 1. The first-order valence-corrected chi connectivity index (χ1v) is 8.70. The number of carbonyl (C=O) groups excluding carboxylic acids is 2. The zero-order valence-electron chi connectivity index (χ0n) is 14.6. The Hall–Kier alpha value is -2.62. The number of hydrogen-bond donors (Lipinski definition) is 1. The molecule has 1 N–H and O–H groups in total. The van der Waals surface area contributed by atoms with Gasteiger partial charge in [0.25, 0.3) is 5.91 Å². The van der Waals surface area contributed by atoms with Gasteiger partial charge in [-0.05, 0) is 68.5 Å². The van der Waals surface area contributed by atoms with E-state index >= 15 is 0 Å². The van der Waals surface area contributed by atoms with Gasteiger partial charge >= 0.3 is 0 Å². The van der Waals surface area contributed by atoms with Crippen LogP contribution in [-0.4, -0.2) is 17.8 Å². The van der Waals surface area contributed by atoms with Crippen molar-refractivity contribution in [2.75, 3.05) is 0 Å². The molecule has 0 heterocycles. The van der Waals surface area contributed by atoms with Gasteiger partial charge in [-0.1, -0.05) is 24.3 Å². The molecule has 1 aliphatic rings. The Balaban J connectivity index is 1.62. The summed E-state index contributed by atoms with van der Waals surface area (Å²) in [5.74, 6) is 0.461. The van der Waals surface area contributed by atoms with Crippen LogP contribution in [-0.2, 0) is 11.2 Å². The molecule has 0 aliphatic heterocycles. The normalized spacial score (nSPS) is 17.3. The average molecular weight is 337 g/mol. The number of rotatable bonds is 5. The van der Waals surface area contributed by atoms with Crippen LogP contribution < -0.4 is 10.1 Å². The molecule has 0 saturated carbocycles. The molecule has 2 aromatic rings. The van der Waals surface area contributed by atoms with Crippen LogP contribution in [0.5, 0.6) is 5.75 Å². The van der Waals surface area contributed by atoms with Crippen LogP contribution in [0.1, 0.15) is 54.2 Å². The summed E-state index contributed by atoms with van der Waals surface area (Å²) in [4.78, 5) is 23.8. The molecule has 0 saturated heterocycles. The molecular formula is C21H23NO3. The second-order valence-electron chi connectivity index (χ2n) is 6.49. The first-order valence-electron chi connectivity index (χ1n) is 8.70. The van der Waals surface area contributed by atoms with Gasteiger partial charge in [-0.25, -0.2) is 0 Å². The van der Waals surface area contributed by atoms with Gasteiger partial charge in [0.05, 0.1) is 6.04 Å². The Morgan fingerprint density at radius 3 is 2.56 bits per heavy atom. The number of fused-ring (bicyclic) bond motifs is 1. The number of hydrogen-bond acceptors (Lipinski definition) is 3. The number of ether oxygens (including phenoxy) is 1. The average Bonchev–Trinajstić information content (AvgIpc) is 2.62. The molecule has 130 valence electrons. The van der Waals surface area contributed by atoms with Crippen LogP contribution in [0.4, 0.5) is 0 Å². The highest BCUT2D eigenvalue weighted by Crippen LogP contribution is 2.29. The third-order valence-corrected chi connectivity index (χ3v) is 4.63. The van der Waals surface area contributed by atoms with Gasteiger partial charge in [0, 0.05) is 5.56 Å². The Kier molecular flexibility index (Phi) is 5.17. The fraction of sp³-hybridized carbons (Fsp3) is 0.333. The number of amides is 1. The van der Waals surface area contributed by atoms with Crippen LogP contribution >= 0.6 is 0 Å². The van der Waals surface area contributed by atoms with Crippen molar-refractivity contribution >= 4 is 11.7 Å². The zero-order chi connectivity index (χ0) is 17.8. The lowest BCUT2D eigenvalue weighted by molar-refractivity contribution is -0.128. The molecule has 1 aliphatic carbocycles. The largest absolute Gasteiger partial charge is 0.481 e. The lowest BCUT2D eigenvalue weighted by Gasteiger charge is -2.27. The fourth-order valence-corrected chi connectivity index (χ4v) is 3.22. The van der Waals surface area contributed by atoms with Crippen molar-refractivity contribution in [1.82, 2.24) is 5.32 Å². The number of aryl methyl sites for hydroxylation is 1. The summed E-state index contributed by atoms with van der Waals surface area (Å²) >= 11 is 0. The van der Waals surface area contributed by atoms with Gasteiger partial charge in [-0.2, -0.15) is 0 Å². The van der Waals surface area contributed by atoms with Crippen LogP contribution in [0.3, 0.4) is 0 Å². The van der Waals surface area contributed by atoms with E-state index in [2.05, 4.69) is 17.4 Å². The third kappa shape index (κ3) is 4.08. The minimum atomic E-state index is -0.600. The molecule has 0 spiro atoms. The van der Waals surface area contributed by atoms with Crippen LogP contribution in [0, 0.1) is 0 Å². The molecule has 0 fully saturated rings. The molecule has 0 bridgehead atoms. The number of nitrogens with one attached hydrogen (secondary N) is 1. The van der Waals surface area contributed by atoms with E-state index in [0.29, 0.717) is 11.3 Å². The molecule has 2 atom stereocenters. The van der Waals surface area contributed by atoms with Crippen molar-refractivity contribution in [1.29, 1.82) is 0 Å². The molecule has 0 aromatic heterocycles. The van der Waals surface area contributed by atoms with Crippen LogP contribution in [0.25, 0.3) is 0 Å². The van der Waals surface area contributed by atoms with E-state index in [1.54, 1.807) is 31.2 Å². The van der Waals surface area contributed by atoms with Crippen molar-refractivity contribution in [3.63, 3.8) is 0 Å². The molecule has 4 nitrogen and oxygen atoms in total. The molecular weight excluding hydrogens is 314 g/mol. The van der Waals surface area contributed by atoms with E-state index in [0.717, 1.165) is 19.3 Å². The van der Waals surface area contributed by atoms with Gasteiger partial charge < -0.3 is 10.1 Å². The predicted molar refractivity (Wildman–Crippen MR) is 96.8 cm³/mol. The summed E-state index contributed by atoms with van der Waals surface area (Å²) in [5, 5.41) is 3.11. The molecule has 2 aromatic carbocycles. The first-order chi connectivity index (χ1) is 12.0. The molecule has 1 amide bonds. The van der Waals surface area contributed by atoms with Gasteiger partial charge in [0.2, 0.25) is 0 Å². The highest BCUT2D eigenvalue weighted by atomic mass is 16.5. The van der Waals surface area contributed by atoms with Gasteiger partial charge in [-0.15, -0.1) is 0 Å². The van der Waals surface area contributed by atoms with Gasteiger partial charge in [-0.3, -0.25) is 9.59 Å². The maximum Gasteiger partial charge on any atom is 0.261 e. The van der Waals surface area contributed by atoms with E-state index in [4.69, 9.17) is 4.74 Å². The number of carbonyl (C=O) groups is 2. The Labute approximate surface area is 148 Å². The van der Waals surface area contributed by atoms with E-state index < -0.39 is 6.10 Å². The van der Waals surface area contributed by atoms with Gasteiger partial charge in [0.15, 0.2) is 11.9 Å². The van der Waals surface area contributed by atoms with Crippen molar-refractivity contribution in [2.45, 2.75) is 45.3 Å². The first kappa shape index (κ1) is 17.2. The lowest BCUT2D eigenvalue weighted by atomic mass is 9.87. The maximum atomic E-state index is 12.5. The lowest BCUT2D eigenvalue weighted by Crippen LogP contribution is -2.39. The summed E-state index contributed by atoms with van der Waals surface area (Å²) in [6.07, 6.45) is 2.49. The highest BCUT2D eigenvalue weighted by Gasteiger charge is 2.24. The summed E-state index contributed by atoms with van der Waals surface area (Å²) < 4.78 is 5.72. The Morgan fingerprint density at radius 1 is 1.12 bits per heavy atom. The topological polar surface area (TPSA) is 55.4 Å². The zero-order valence-corrected chi connectivity index (χ0v) is 14.6. The fourth-order valence-electron chi connectivity index (χ4n) is 3.22. The summed E-state index contributed by atoms with van der Waals surface area (Å²) in [5.41, 5.74) is 3.15. The molecule has 25 heavy (non-hydrogen) atoms. The standard InChI is InChI=1S/C21H23NO3/c1-14(23)16-10-12-18(13-11-16)25-15(2)21(24)22-20-9-5-7-17-6-3-4-8-19(17)20/h3-4,6,8,10-13,15,20H,5,7,9H2,1-2H3,(H,22,24)/t15-,20-/m1/s1. The monoisotopic (exact) mass is 337 g/mol. The molecule has 0 unspecified atom stereocenters. The molecule has 4 heteroatoms. The third-order valence-electron chi connectivity index (χ3n) is 4.63. The number of benzene rings is 2. The van der Waals surface area contributed by atoms with E-state index in [-0.39, 0.29) is 17.7 Å². The van der Waals surface area contributed by atoms with E-state index in [1.165, 1.54) is 18.1 Å². The van der Waals surface area contributed by atoms with Crippen molar-refractivity contribution in [3.05, 3.63) is 65.2 Å². The maximum absolute atomic E-state index is 12.5. The Morgan fingerprint density at radius 2 is 1.84 bits per heavy atom. The Bertz CT molecular complexity index is 767. The molecule has 0 radical (unpaired) electrons. The summed E-state index contributed by atoms with van der Waals surface area (Å²) in [6, 6.07) is 15.2. The van der Waals surface area contributed by atoms with Crippen molar-refractivity contribution in [2.24, 2.45) is 0 Å². The van der Waals surface area contributed by atoms with E-state index in [1.807, 2.05) is 12.1 Å². The van der Waals surface area contributed by atoms with Crippen molar-refractivity contribution in [3.8, 4) is 5.75 Å². The predicted octanol–water partition coefficient (Wildman–Crippen LogP) is 3.85. The second kappa shape index (κ2) is 7.51. The van der Waals surface area contributed by atoms with Crippen LogP contribution in [0.15, 0.2) is 48.5 Å². The highest BCUT2D eigenvalue weighted by molar-refractivity contribution is 5.94. The minimum absolute atomic E-state index is 0.00769.